The number of aryl methyl sites for hydroxylation is 3. The molecule has 0 aliphatic rings. The molecule has 1 aromatic carbocycles. The van der Waals surface area contributed by atoms with E-state index in [0.29, 0.717) is 0 Å². The molecule has 0 aliphatic carbocycles. The number of rotatable bonds is 2. The van der Waals surface area contributed by atoms with Gasteiger partial charge in [-0.05, 0) is 40.3 Å². The Morgan fingerprint density at radius 3 is 1.21 bits per heavy atom. The van der Waals surface area contributed by atoms with Crippen molar-refractivity contribution in [1.29, 1.82) is 0 Å². The average molecular weight is 194 g/mol. The van der Waals surface area contributed by atoms with Gasteiger partial charge in [0, 0.05) is 0 Å². The fraction of sp³-hybridized carbons (Fsp3) is 0.500. The van der Waals surface area contributed by atoms with Crippen LogP contribution in [0.1, 0.15) is 23.1 Å². The zero-order valence-corrected chi connectivity index (χ0v) is 9.51. The smallest absolute Gasteiger partial charge is 0.00653 e. The largest absolute Gasteiger partial charge is 0.330 e. The highest BCUT2D eigenvalue weighted by Crippen LogP contribution is 2.06. The molecule has 2 heteroatoms. The van der Waals surface area contributed by atoms with Crippen molar-refractivity contribution in [3.05, 3.63) is 34.9 Å². The molecule has 0 bridgehead atoms. The van der Waals surface area contributed by atoms with E-state index in [4.69, 9.17) is 11.5 Å². The van der Waals surface area contributed by atoms with Gasteiger partial charge in [-0.2, -0.15) is 0 Å². The highest BCUT2D eigenvalue weighted by molar-refractivity contribution is 5.27. The summed E-state index contributed by atoms with van der Waals surface area (Å²) in [6, 6.07) is 6.56. The predicted octanol–water partition coefficient (Wildman–Crippen LogP) is 1.91. The van der Waals surface area contributed by atoms with Gasteiger partial charge in [-0.1, -0.05) is 34.9 Å². The van der Waals surface area contributed by atoms with E-state index < -0.39 is 0 Å². The first-order valence-electron chi connectivity index (χ1n) is 5.05. The Hall–Kier alpha value is -0.860. The normalized spacial score (nSPS) is 9.21. The molecule has 0 radical (unpaired) electrons. The summed E-state index contributed by atoms with van der Waals surface area (Å²) in [6.07, 6.45) is 0.944. The first-order valence-corrected chi connectivity index (χ1v) is 5.05. The van der Waals surface area contributed by atoms with E-state index in [-0.39, 0.29) is 0 Å². The van der Waals surface area contributed by atoms with Gasteiger partial charge in [-0.3, -0.25) is 0 Å². The molecule has 0 aromatic heterocycles. The molecule has 80 valence electrons. The second-order valence-corrected chi connectivity index (χ2v) is 3.60. The van der Waals surface area contributed by atoms with Crippen LogP contribution in [0.3, 0.4) is 0 Å². The van der Waals surface area contributed by atoms with E-state index in [9.17, 15) is 0 Å². The van der Waals surface area contributed by atoms with Gasteiger partial charge in [-0.25, -0.2) is 0 Å². The Balaban J connectivity index is 0.000000292. The maximum atomic E-state index is 5.06. The van der Waals surface area contributed by atoms with Crippen LogP contribution >= 0.6 is 0 Å². The van der Waals surface area contributed by atoms with E-state index in [2.05, 4.69) is 39.0 Å². The van der Waals surface area contributed by atoms with Crippen molar-refractivity contribution in [1.82, 2.24) is 0 Å². The predicted molar refractivity (Wildman–Crippen MR) is 63.4 cm³/mol. The summed E-state index contributed by atoms with van der Waals surface area (Å²) < 4.78 is 0. The Labute approximate surface area is 87.3 Å². The third kappa shape index (κ3) is 6.63. The highest BCUT2D eigenvalue weighted by atomic mass is 14.6. The van der Waals surface area contributed by atoms with Crippen LogP contribution in [-0.4, -0.2) is 13.1 Å². The first-order chi connectivity index (χ1) is 6.60. The number of hydrogen-bond acceptors (Lipinski definition) is 2. The average Bonchev–Trinajstić information content (AvgIpc) is 2.03. The summed E-state index contributed by atoms with van der Waals surface area (Å²) in [6.45, 7) is 7.81. The lowest BCUT2D eigenvalue weighted by Crippen LogP contribution is -2.06. The second kappa shape index (κ2) is 7.54. The van der Waals surface area contributed by atoms with Crippen molar-refractivity contribution in [3.63, 3.8) is 0 Å². The van der Waals surface area contributed by atoms with Crippen molar-refractivity contribution in [2.24, 2.45) is 11.5 Å². The fourth-order valence-corrected chi connectivity index (χ4v) is 1.32. The SMILES string of the molecule is Cc1cc(C)cc(C)c1.NCCCN. The van der Waals surface area contributed by atoms with Gasteiger partial charge < -0.3 is 11.5 Å². The molecule has 0 heterocycles. The summed E-state index contributed by atoms with van der Waals surface area (Å²) in [5.41, 5.74) is 14.2. The second-order valence-electron chi connectivity index (χ2n) is 3.60. The van der Waals surface area contributed by atoms with Gasteiger partial charge in [0.15, 0.2) is 0 Å². The molecule has 0 unspecified atom stereocenters. The van der Waals surface area contributed by atoms with Gasteiger partial charge >= 0.3 is 0 Å². The fourth-order valence-electron chi connectivity index (χ4n) is 1.32. The number of benzene rings is 1. The Kier molecular flexibility index (Phi) is 7.07. The Bertz CT molecular complexity index is 204. The minimum Gasteiger partial charge on any atom is -0.330 e. The third-order valence-electron chi connectivity index (χ3n) is 1.77. The summed E-state index contributed by atoms with van der Waals surface area (Å²) in [5.74, 6) is 0. The summed E-state index contributed by atoms with van der Waals surface area (Å²) in [7, 11) is 0. The lowest BCUT2D eigenvalue weighted by molar-refractivity contribution is 0.844. The van der Waals surface area contributed by atoms with E-state index >= 15 is 0 Å². The molecule has 0 spiro atoms. The van der Waals surface area contributed by atoms with Crippen LogP contribution in [0.15, 0.2) is 18.2 Å². The zero-order chi connectivity index (χ0) is 11.0. The van der Waals surface area contributed by atoms with Crippen LogP contribution in [0.2, 0.25) is 0 Å². The molecule has 1 rings (SSSR count). The van der Waals surface area contributed by atoms with Crippen LogP contribution in [0.25, 0.3) is 0 Å². The number of hydrogen-bond donors (Lipinski definition) is 2. The van der Waals surface area contributed by atoms with Crippen molar-refractivity contribution >= 4 is 0 Å². The van der Waals surface area contributed by atoms with E-state index in [1.807, 2.05) is 0 Å². The first kappa shape index (κ1) is 13.1. The van der Waals surface area contributed by atoms with E-state index in [1.165, 1.54) is 16.7 Å². The van der Waals surface area contributed by atoms with Crippen LogP contribution in [-0.2, 0) is 0 Å². The summed E-state index contributed by atoms with van der Waals surface area (Å²) in [5, 5.41) is 0. The minimum absolute atomic E-state index is 0.719. The minimum atomic E-state index is 0.719. The van der Waals surface area contributed by atoms with Crippen molar-refractivity contribution in [2.75, 3.05) is 13.1 Å². The quantitative estimate of drug-likeness (QED) is 0.755. The maximum absolute atomic E-state index is 5.06. The van der Waals surface area contributed by atoms with Crippen LogP contribution in [0.4, 0.5) is 0 Å². The molecule has 1 aromatic rings. The Morgan fingerprint density at radius 1 is 0.786 bits per heavy atom. The topological polar surface area (TPSA) is 52.0 Å². The van der Waals surface area contributed by atoms with Gasteiger partial charge in [0.25, 0.3) is 0 Å². The lowest BCUT2D eigenvalue weighted by atomic mass is 10.1. The van der Waals surface area contributed by atoms with Gasteiger partial charge in [-0.15, -0.1) is 0 Å². The molecular formula is C12H22N2. The van der Waals surface area contributed by atoms with Crippen molar-refractivity contribution in [2.45, 2.75) is 27.2 Å². The molecule has 0 saturated carbocycles. The number of nitrogens with two attached hydrogens (primary N) is 2. The molecule has 0 aliphatic heterocycles. The highest BCUT2D eigenvalue weighted by Gasteiger charge is 1.87. The van der Waals surface area contributed by atoms with Gasteiger partial charge in [0.1, 0.15) is 0 Å². The molecule has 4 N–H and O–H groups in total. The zero-order valence-electron chi connectivity index (χ0n) is 9.51. The van der Waals surface area contributed by atoms with Crippen molar-refractivity contribution in [3.8, 4) is 0 Å². The summed E-state index contributed by atoms with van der Waals surface area (Å²) in [4.78, 5) is 0. The van der Waals surface area contributed by atoms with Gasteiger partial charge in [0.05, 0.1) is 0 Å². The van der Waals surface area contributed by atoms with Crippen LogP contribution in [0.5, 0.6) is 0 Å². The van der Waals surface area contributed by atoms with Crippen LogP contribution < -0.4 is 11.5 Å². The van der Waals surface area contributed by atoms with Crippen LogP contribution in [0, 0.1) is 20.8 Å². The molecular weight excluding hydrogens is 172 g/mol. The molecule has 0 amide bonds. The van der Waals surface area contributed by atoms with E-state index in [0.717, 1.165) is 19.5 Å². The lowest BCUT2D eigenvalue weighted by Gasteiger charge is -1.96. The standard InChI is InChI=1S/C9H12.C3H10N2/c1-7-4-8(2)6-9(3)5-7;4-2-1-3-5/h4-6H,1-3H3;1-5H2. The van der Waals surface area contributed by atoms with Gasteiger partial charge in [0.2, 0.25) is 0 Å². The summed E-state index contributed by atoms with van der Waals surface area (Å²) >= 11 is 0. The molecule has 0 saturated heterocycles. The monoisotopic (exact) mass is 194 g/mol. The maximum Gasteiger partial charge on any atom is -0.00653 e. The van der Waals surface area contributed by atoms with Crippen molar-refractivity contribution < 1.29 is 0 Å². The molecule has 0 atom stereocenters. The third-order valence-corrected chi connectivity index (χ3v) is 1.77. The van der Waals surface area contributed by atoms with E-state index in [1.54, 1.807) is 0 Å². The molecule has 0 fully saturated rings. The molecule has 14 heavy (non-hydrogen) atoms. The Morgan fingerprint density at radius 2 is 1.07 bits per heavy atom. The molecule has 2 nitrogen and oxygen atoms in total.